The van der Waals surface area contributed by atoms with Gasteiger partial charge < -0.3 is 14.5 Å². The van der Waals surface area contributed by atoms with E-state index >= 15 is 0 Å². The molecular weight excluding hydrogens is 402 g/mol. The summed E-state index contributed by atoms with van der Waals surface area (Å²) >= 11 is 0. The van der Waals surface area contributed by atoms with Gasteiger partial charge in [0.1, 0.15) is 17.4 Å². The van der Waals surface area contributed by atoms with Crippen molar-refractivity contribution in [3.05, 3.63) is 65.2 Å². The molecular formula is C24H26F2N2O3. The van der Waals surface area contributed by atoms with Crippen molar-refractivity contribution in [1.82, 2.24) is 9.80 Å². The first kappa shape index (κ1) is 21.3. The SMILES string of the molecule is O=C(c1ccc(OC[C@H]2CCCN(C(=O)c3ccc(F)cc3F)C2)cc1)N1CCCC1. The minimum Gasteiger partial charge on any atom is -0.493 e. The van der Waals surface area contributed by atoms with Crippen LogP contribution >= 0.6 is 0 Å². The van der Waals surface area contributed by atoms with Crippen LogP contribution < -0.4 is 4.74 Å². The quantitative estimate of drug-likeness (QED) is 0.720. The number of rotatable bonds is 5. The molecule has 4 rings (SSSR count). The summed E-state index contributed by atoms with van der Waals surface area (Å²) in [7, 11) is 0. The van der Waals surface area contributed by atoms with Crippen LogP contribution in [0, 0.1) is 17.6 Å². The maximum atomic E-state index is 14.0. The van der Waals surface area contributed by atoms with Gasteiger partial charge in [0, 0.05) is 43.7 Å². The summed E-state index contributed by atoms with van der Waals surface area (Å²) in [5.41, 5.74) is 0.547. The third-order valence-electron chi connectivity index (χ3n) is 5.95. The molecule has 31 heavy (non-hydrogen) atoms. The number of benzene rings is 2. The molecule has 2 heterocycles. The van der Waals surface area contributed by atoms with Crippen LogP contribution in [0.15, 0.2) is 42.5 Å². The van der Waals surface area contributed by atoms with Crippen molar-refractivity contribution in [3.8, 4) is 5.75 Å². The predicted octanol–water partition coefficient (Wildman–Crippen LogP) is 4.13. The van der Waals surface area contributed by atoms with Crippen molar-refractivity contribution >= 4 is 11.8 Å². The van der Waals surface area contributed by atoms with Crippen LogP contribution in [0.4, 0.5) is 8.78 Å². The number of nitrogens with zero attached hydrogens (tertiary/aromatic N) is 2. The Kier molecular flexibility index (Phi) is 6.49. The van der Waals surface area contributed by atoms with Crippen molar-refractivity contribution in [3.63, 3.8) is 0 Å². The van der Waals surface area contributed by atoms with Gasteiger partial charge in [-0.25, -0.2) is 8.78 Å². The van der Waals surface area contributed by atoms with E-state index < -0.39 is 17.5 Å². The fourth-order valence-electron chi connectivity index (χ4n) is 4.23. The highest BCUT2D eigenvalue weighted by molar-refractivity contribution is 5.95. The molecule has 2 saturated heterocycles. The van der Waals surface area contributed by atoms with Crippen molar-refractivity contribution in [2.45, 2.75) is 25.7 Å². The number of carbonyl (C=O) groups is 2. The number of halogens is 2. The Morgan fingerprint density at radius 1 is 0.903 bits per heavy atom. The maximum absolute atomic E-state index is 14.0. The zero-order chi connectivity index (χ0) is 21.8. The number of carbonyl (C=O) groups excluding carboxylic acids is 2. The number of likely N-dealkylation sites (tertiary alicyclic amines) is 2. The van der Waals surface area contributed by atoms with Crippen LogP contribution in [0.1, 0.15) is 46.4 Å². The summed E-state index contributed by atoms with van der Waals surface area (Å²) in [6.45, 7) is 3.06. The van der Waals surface area contributed by atoms with Gasteiger partial charge in [-0.2, -0.15) is 0 Å². The smallest absolute Gasteiger partial charge is 0.256 e. The van der Waals surface area contributed by atoms with E-state index in [-0.39, 0.29) is 17.4 Å². The Hall–Kier alpha value is -2.96. The molecule has 0 bridgehead atoms. The van der Waals surface area contributed by atoms with Gasteiger partial charge in [-0.15, -0.1) is 0 Å². The average Bonchev–Trinajstić information content (AvgIpc) is 3.32. The third kappa shape index (κ3) is 5.03. The molecule has 0 radical (unpaired) electrons. The lowest BCUT2D eigenvalue weighted by Crippen LogP contribution is -2.41. The van der Waals surface area contributed by atoms with Gasteiger partial charge in [-0.3, -0.25) is 9.59 Å². The second-order valence-electron chi connectivity index (χ2n) is 8.22. The number of ether oxygens (including phenoxy) is 1. The fraction of sp³-hybridized carbons (Fsp3) is 0.417. The molecule has 1 atom stereocenters. The minimum atomic E-state index is -0.841. The van der Waals surface area contributed by atoms with Gasteiger partial charge in [-0.05, 0) is 62.1 Å². The molecule has 2 aromatic carbocycles. The summed E-state index contributed by atoms with van der Waals surface area (Å²) < 4.78 is 33.0. The molecule has 7 heteroatoms. The topological polar surface area (TPSA) is 49.9 Å². The molecule has 2 aliphatic rings. The first-order chi connectivity index (χ1) is 15.0. The van der Waals surface area contributed by atoms with Crippen LogP contribution in [-0.4, -0.2) is 54.4 Å². The van der Waals surface area contributed by atoms with Crippen molar-refractivity contribution in [2.24, 2.45) is 5.92 Å². The van der Waals surface area contributed by atoms with Crippen LogP contribution in [0.25, 0.3) is 0 Å². The van der Waals surface area contributed by atoms with Crippen molar-refractivity contribution in [1.29, 1.82) is 0 Å². The molecule has 0 unspecified atom stereocenters. The summed E-state index contributed by atoms with van der Waals surface area (Å²) in [4.78, 5) is 28.5. The molecule has 0 aromatic heterocycles. The molecule has 2 amide bonds. The first-order valence-electron chi connectivity index (χ1n) is 10.8. The molecule has 0 spiro atoms. The normalized spacial score (nSPS) is 18.8. The number of hydrogen-bond donors (Lipinski definition) is 0. The summed E-state index contributed by atoms with van der Waals surface area (Å²) in [5.74, 6) is -1.12. The van der Waals surface area contributed by atoms with E-state index in [4.69, 9.17) is 4.74 Å². The number of amides is 2. The van der Waals surface area contributed by atoms with E-state index in [1.165, 1.54) is 6.07 Å². The maximum Gasteiger partial charge on any atom is 0.256 e. The second kappa shape index (κ2) is 9.45. The van der Waals surface area contributed by atoms with Gasteiger partial charge in [-0.1, -0.05) is 0 Å². The lowest BCUT2D eigenvalue weighted by molar-refractivity contribution is 0.0628. The van der Waals surface area contributed by atoms with E-state index in [2.05, 4.69) is 0 Å². The van der Waals surface area contributed by atoms with E-state index in [0.29, 0.717) is 31.0 Å². The standard InChI is InChI=1S/C24H26F2N2O3/c25-19-7-10-21(22(26)14-19)24(30)28-13-3-4-17(15-28)16-31-20-8-5-18(6-9-20)23(29)27-11-1-2-12-27/h5-10,14,17H,1-4,11-13,15-16H2/t17-/m0/s1. The fourth-order valence-corrected chi connectivity index (χ4v) is 4.23. The van der Waals surface area contributed by atoms with E-state index in [1.54, 1.807) is 29.2 Å². The van der Waals surface area contributed by atoms with E-state index in [9.17, 15) is 18.4 Å². The minimum absolute atomic E-state index is 0.0542. The van der Waals surface area contributed by atoms with Crippen molar-refractivity contribution < 1.29 is 23.1 Å². The highest BCUT2D eigenvalue weighted by atomic mass is 19.1. The number of piperidine rings is 1. The van der Waals surface area contributed by atoms with Gasteiger partial charge in [0.15, 0.2) is 0 Å². The van der Waals surface area contributed by atoms with Gasteiger partial charge in [0.2, 0.25) is 0 Å². The molecule has 0 N–H and O–H groups in total. The summed E-state index contributed by atoms with van der Waals surface area (Å²) in [5, 5.41) is 0. The van der Waals surface area contributed by atoms with E-state index in [0.717, 1.165) is 50.9 Å². The highest BCUT2D eigenvalue weighted by Crippen LogP contribution is 2.22. The van der Waals surface area contributed by atoms with Gasteiger partial charge in [0.05, 0.1) is 12.2 Å². The van der Waals surface area contributed by atoms with E-state index in [1.807, 2.05) is 4.90 Å². The molecule has 2 fully saturated rings. The third-order valence-corrected chi connectivity index (χ3v) is 5.95. The van der Waals surface area contributed by atoms with Crippen LogP contribution in [-0.2, 0) is 0 Å². The molecule has 5 nitrogen and oxygen atoms in total. The molecule has 2 aromatic rings. The molecule has 2 aliphatic heterocycles. The Morgan fingerprint density at radius 3 is 2.32 bits per heavy atom. The lowest BCUT2D eigenvalue weighted by atomic mass is 9.98. The molecule has 0 saturated carbocycles. The lowest BCUT2D eigenvalue weighted by Gasteiger charge is -2.32. The zero-order valence-electron chi connectivity index (χ0n) is 17.4. The Labute approximate surface area is 180 Å². The van der Waals surface area contributed by atoms with Crippen LogP contribution in [0.3, 0.4) is 0 Å². The Bertz CT molecular complexity index is 942. The van der Waals surface area contributed by atoms with Crippen molar-refractivity contribution in [2.75, 3.05) is 32.8 Å². The first-order valence-corrected chi connectivity index (χ1v) is 10.8. The number of hydrogen-bond acceptors (Lipinski definition) is 3. The Balaban J connectivity index is 1.31. The second-order valence-corrected chi connectivity index (χ2v) is 8.22. The summed E-state index contributed by atoms with van der Waals surface area (Å²) in [6.07, 6.45) is 3.82. The zero-order valence-corrected chi connectivity index (χ0v) is 17.4. The van der Waals surface area contributed by atoms with Crippen LogP contribution in [0.2, 0.25) is 0 Å². The summed E-state index contributed by atoms with van der Waals surface area (Å²) in [6, 6.07) is 10.2. The predicted molar refractivity (Wildman–Crippen MR) is 112 cm³/mol. The average molecular weight is 428 g/mol. The molecule has 0 aliphatic carbocycles. The Morgan fingerprint density at radius 2 is 1.61 bits per heavy atom. The van der Waals surface area contributed by atoms with Crippen LogP contribution in [0.5, 0.6) is 5.75 Å². The molecule has 164 valence electrons. The largest absolute Gasteiger partial charge is 0.493 e. The monoisotopic (exact) mass is 428 g/mol. The van der Waals surface area contributed by atoms with Gasteiger partial charge in [0.25, 0.3) is 11.8 Å². The van der Waals surface area contributed by atoms with Gasteiger partial charge >= 0.3 is 0 Å². The highest BCUT2D eigenvalue weighted by Gasteiger charge is 2.27.